The maximum Gasteiger partial charge on any atom is 0.417 e. The van der Waals surface area contributed by atoms with E-state index >= 15 is 0 Å². The summed E-state index contributed by atoms with van der Waals surface area (Å²) in [4.78, 5) is 0. The lowest BCUT2D eigenvalue weighted by molar-refractivity contribution is -0.137. The van der Waals surface area contributed by atoms with Gasteiger partial charge in [0.2, 0.25) is 0 Å². The zero-order valence-electron chi connectivity index (χ0n) is 16.4. The van der Waals surface area contributed by atoms with Crippen molar-refractivity contribution in [2.24, 2.45) is 0 Å². The van der Waals surface area contributed by atoms with Gasteiger partial charge in [0.1, 0.15) is 18.1 Å². The van der Waals surface area contributed by atoms with Crippen LogP contribution in [0.3, 0.4) is 0 Å². The van der Waals surface area contributed by atoms with Crippen LogP contribution in [0.2, 0.25) is 0 Å². The zero-order valence-corrected chi connectivity index (χ0v) is 16.4. The molecule has 0 atom stereocenters. The molecule has 1 aliphatic carbocycles. The fourth-order valence-corrected chi connectivity index (χ4v) is 2.85. The van der Waals surface area contributed by atoms with Crippen molar-refractivity contribution in [3.63, 3.8) is 0 Å². The van der Waals surface area contributed by atoms with Gasteiger partial charge < -0.3 is 9.84 Å². The van der Waals surface area contributed by atoms with E-state index < -0.39 is 17.5 Å². The number of allylic oxidation sites excluding steroid dienone is 4. The van der Waals surface area contributed by atoms with E-state index in [0.717, 1.165) is 30.5 Å². The minimum Gasteiger partial charge on any atom is -0.508 e. The molecule has 0 bridgehead atoms. The Morgan fingerprint density at radius 1 is 1.00 bits per heavy atom. The van der Waals surface area contributed by atoms with Crippen LogP contribution in [0.5, 0.6) is 11.5 Å². The van der Waals surface area contributed by atoms with Gasteiger partial charge in [-0.2, -0.15) is 18.4 Å². The van der Waals surface area contributed by atoms with Crippen LogP contribution in [0.15, 0.2) is 72.4 Å². The second-order valence-electron chi connectivity index (χ2n) is 6.74. The Labute approximate surface area is 178 Å². The molecule has 0 saturated heterocycles. The summed E-state index contributed by atoms with van der Waals surface area (Å²) < 4.78 is 45.6. The summed E-state index contributed by atoms with van der Waals surface area (Å²) in [6.07, 6.45) is 7.12. The molecule has 0 radical (unpaired) electrons. The number of nitrogens with zero attached hydrogens (tertiary/aromatic N) is 1. The number of alkyl halides is 3. The molecule has 0 unspecified atom stereocenters. The number of phenolic OH excluding ortho intramolecular Hbond substituents is 1. The van der Waals surface area contributed by atoms with Crippen LogP contribution in [-0.2, 0) is 6.18 Å². The van der Waals surface area contributed by atoms with Gasteiger partial charge in [0.15, 0.2) is 0 Å². The van der Waals surface area contributed by atoms with Crippen LogP contribution < -0.4 is 4.74 Å². The highest BCUT2D eigenvalue weighted by atomic mass is 19.4. The number of rotatable bonds is 3. The lowest BCUT2D eigenvalue weighted by Crippen LogP contribution is -2.07. The zero-order chi connectivity index (χ0) is 22.3. The lowest BCUT2D eigenvalue weighted by atomic mass is 10.1. The smallest absolute Gasteiger partial charge is 0.417 e. The molecule has 3 rings (SSSR count). The average molecular weight is 421 g/mol. The molecule has 3 nitrogen and oxygen atoms in total. The summed E-state index contributed by atoms with van der Waals surface area (Å²) in [6, 6.07) is 9.49. The summed E-state index contributed by atoms with van der Waals surface area (Å²) in [6.45, 7) is 0.220. The van der Waals surface area contributed by atoms with Crippen LogP contribution in [-0.4, -0.2) is 11.7 Å². The third-order valence-electron chi connectivity index (χ3n) is 4.42. The molecule has 6 heteroatoms. The van der Waals surface area contributed by atoms with Gasteiger partial charge in [-0.1, -0.05) is 42.2 Å². The molecule has 156 valence electrons. The van der Waals surface area contributed by atoms with Crippen LogP contribution in [0.4, 0.5) is 13.2 Å². The Morgan fingerprint density at radius 3 is 2.52 bits per heavy atom. The van der Waals surface area contributed by atoms with E-state index in [1.54, 1.807) is 0 Å². The topological polar surface area (TPSA) is 53.2 Å². The predicted molar refractivity (Wildman–Crippen MR) is 111 cm³/mol. The number of hydrogen-bond acceptors (Lipinski definition) is 3. The molecule has 0 aromatic heterocycles. The molecule has 0 saturated carbocycles. The number of aromatic hydroxyl groups is 1. The molecule has 0 amide bonds. The van der Waals surface area contributed by atoms with E-state index in [2.05, 4.69) is 11.8 Å². The number of hydrogen-bond donors (Lipinski definition) is 1. The fourth-order valence-electron chi connectivity index (χ4n) is 2.85. The van der Waals surface area contributed by atoms with Gasteiger partial charge in [0, 0.05) is 5.56 Å². The number of ether oxygens (including phenoxy) is 1. The van der Waals surface area contributed by atoms with Crippen LogP contribution in [0.25, 0.3) is 0 Å². The van der Waals surface area contributed by atoms with Gasteiger partial charge in [-0.05, 0) is 54.8 Å². The van der Waals surface area contributed by atoms with Gasteiger partial charge in [0.05, 0.1) is 22.8 Å². The minimum atomic E-state index is -4.66. The Bertz CT molecular complexity index is 1160. The van der Waals surface area contributed by atoms with Gasteiger partial charge >= 0.3 is 6.18 Å². The highest BCUT2D eigenvalue weighted by molar-refractivity contribution is 5.55. The number of halogens is 3. The number of nitriles is 1. The van der Waals surface area contributed by atoms with E-state index in [-0.39, 0.29) is 12.2 Å². The molecule has 2 aromatic carbocycles. The molecule has 2 aromatic rings. The first-order valence-electron chi connectivity index (χ1n) is 9.48. The first kappa shape index (κ1) is 21.8. The summed E-state index contributed by atoms with van der Waals surface area (Å²) >= 11 is 0. The molecule has 31 heavy (non-hydrogen) atoms. The third-order valence-corrected chi connectivity index (χ3v) is 4.42. The maximum absolute atomic E-state index is 13.3. The van der Waals surface area contributed by atoms with Gasteiger partial charge in [-0.25, -0.2) is 0 Å². The van der Waals surface area contributed by atoms with Crippen LogP contribution in [0.1, 0.15) is 35.1 Å². The summed E-state index contributed by atoms with van der Waals surface area (Å²) in [5, 5.41) is 18.6. The van der Waals surface area contributed by atoms with E-state index in [9.17, 15) is 23.5 Å². The van der Waals surface area contributed by atoms with Crippen LogP contribution >= 0.6 is 0 Å². The van der Waals surface area contributed by atoms with Crippen molar-refractivity contribution in [3.8, 4) is 29.4 Å². The van der Waals surface area contributed by atoms with Crippen molar-refractivity contribution in [2.45, 2.75) is 19.0 Å². The van der Waals surface area contributed by atoms with Gasteiger partial charge in [-0.15, -0.1) is 0 Å². The van der Waals surface area contributed by atoms with E-state index in [0.29, 0.717) is 22.9 Å². The molecule has 1 aliphatic rings. The summed E-state index contributed by atoms with van der Waals surface area (Å²) in [5.74, 6) is 5.03. The second-order valence-corrected chi connectivity index (χ2v) is 6.74. The van der Waals surface area contributed by atoms with Crippen LogP contribution in [0, 0.1) is 23.2 Å². The summed E-state index contributed by atoms with van der Waals surface area (Å²) in [5.41, 5.74) is 0.327. The average Bonchev–Trinajstić information content (AvgIpc) is 2.71. The van der Waals surface area contributed by atoms with E-state index in [4.69, 9.17) is 4.74 Å². The normalized spacial score (nSPS) is 13.3. The second kappa shape index (κ2) is 9.73. The Hall–Kier alpha value is -3.90. The van der Waals surface area contributed by atoms with E-state index in [1.165, 1.54) is 18.2 Å². The molecule has 0 aliphatic heterocycles. The first-order valence-corrected chi connectivity index (χ1v) is 9.48. The Kier molecular flexibility index (Phi) is 6.85. The molecular formula is C25H18F3NO2. The minimum absolute atomic E-state index is 0.220. The SMILES string of the molecule is N#Cc1ccc(C#Cc2ccc(O)cc2C(F)(F)F)c(OCC2=CC=CCCC=C2)c1. The van der Waals surface area contributed by atoms with E-state index in [1.807, 2.05) is 36.4 Å². The van der Waals surface area contributed by atoms with Crippen molar-refractivity contribution < 1.29 is 23.0 Å². The molecule has 1 N–H and O–H groups in total. The van der Waals surface area contributed by atoms with Gasteiger partial charge in [0.25, 0.3) is 0 Å². The number of benzene rings is 2. The van der Waals surface area contributed by atoms with Crippen molar-refractivity contribution in [2.75, 3.05) is 6.61 Å². The maximum atomic E-state index is 13.3. The van der Waals surface area contributed by atoms with Crippen molar-refractivity contribution >= 4 is 0 Å². The first-order chi connectivity index (χ1) is 14.9. The molecule has 0 heterocycles. The quantitative estimate of drug-likeness (QED) is 0.629. The van der Waals surface area contributed by atoms with Crippen molar-refractivity contribution in [1.82, 2.24) is 0 Å². The lowest BCUT2D eigenvalue weighted by Gasteiger charge is -2.11. The Balaban J connectivity index is 1.93. The highest BCUT2D eigenvalue weighted by Gasteiger charge is 2.33. The number of phenols is 1. The highest BCUT2D eigenvalue weighted by Crippen LogP contribution is 2.34. The standard InChI is InChI=1S/C25H18F3NO2/c26-25(27,28)23-15-22(30)13-12-20(23)10-11-21-9-8-19(16-29)14-24(21)31-17-18-6-4-2-1-3-5-7-18/h2,4-9,12-15,30H,1,3,17H2. The Morgan fingerprint density at radius 2 is 1.74 bits per heavy atom. The fraction of sp³-hybridized carbons (Fsp3) is 0.160. The molecular weight excluding hydrogens is 403 g/mol. The third kappa shape index (κ3) is 6.04. The molecule has 0 spiro atoms. The predicted octanol–water partition coefficient (Wildman–Crippen LogP) is 5.89. The van der Waals surface area contributed by atoms with Crippen molar-refractivity contribution in [1.29, 1.82) is 5.26 Å². The van der Waals surface area contributed by atoms with Gasteiger partial charge in [-0.3, -0.25) is 0 Å². The largest absolute Gasteiger partial charge is 0.508 e. The summed E-state index contributed by atoms with van der Waals surface area (Å²) in [7, 11) is 0. The molecule has 0 fully saturated rings. The van der Waals surface area contributed by atoms with Crippen molar-refractivity contribution in [3.05, 3.63) is 94.6 Å². The monoisotopic (exact) mass is 421 g/mol.